The van der Waals surface area contributed by atoms with E-state index in [-0.39, 0.29) is 17.2 Å². The Morgan fingerprint density at radius 3 is 2.30 bits per heavy atom. The zero-order valence-corrected chi connectivity index (χ0v) is 13.7. The highest BCUT2D eigenvalue weighted by Crippen LogP contribution is 2.26. The normalized spacial score (nSPS) is 12.7. The molecule has 0 spiro atoms. The third-order valence-corrected chi connectivity index (χ3v) is 3.91. The van der Waals surface area contributed by atoms with Crippen molar-refractivity contribution in [2.45, 2.75) is 33.2 Å². The molecule has 0 heterocycles. The molecule has 0 saturated heterocycles. The van der Waals surface area contributed by atoms with Gasteiger partial charge >= 0.3 is 6.09 Å². The summed E-state index contributed by atoms with van der Waals surface area (Å²) in [6, 6.07) is 14.9. The first kappa shape index (κ1) is 16.9. The molecule has 0 aromatic heterocycles. The van der Waals surface area contributed by atoms with Crippen LogP contribution in [0.1, 0.15) is 26.3 Å². The number of carboxylic acid groups (broad SMARTS) is 1. The molecule has 4 nitrogen and oxygen atoms in total. The van der Waals surface area contributed by atoms with Crippen LogP contribution in [0.5, 0.6) is 5.75 Å². The molecule has 0 aliphatic carbocycles. The van der Waals surface area contributed by atoms with Crippen LogP contribution in [0, 0.1) is 5.41 Å². The molecule has 0 saturated carbocycles. The number of hydrogen-bond acceptors (Lipinski definition) is 2. The van der Waals surface area contributed by atoms with E-state index in [9.17, 15) is 9.90 Å². The molecule has 0 aliphatic heterocycles. The Morgan fingerprint density at radius 2 is 1.74 bits per heavy atom. The molecular formula is C19H23NO3. The van der Waals surface area contributed by atoms with Gasteiger partial charge in [0.1, 0.15) is 5.75 Å². The van der Waals surface area contributed by atoms with E-state index in [1.165, 1.54) is 0 Å². The topological polar surface area (TPSA) is 69.6 Å². The van der Waals surface area contributed by atoms with Crippen LogP contribution in [-0.4, -0.2) is 22.3 Å². The van der Waals surface area contributed by atoms with Crippen molar-refractivity contribution < 1.29 is 15.0 Å². The summed E-state index contributed by atoms with van der Waals surface area (Å²) >= 11 is 0. The lowest BCUT2D eigenvalue weighted by molar-refractivity contribution is 0.174. The average molecular weight is 313 g/mol. The van der Waals surface area contributed by atoms with E-state index >= 15 is 0 Å². The van der Waals surface area contributed by atoms with Crippen LogP contribution in [0.25, 0.3) is 11.1 Å². The Kier molecular flexibility index (Phi) is 4.94. The molecule has 0 radical (unpaired) electrons. The van der Waals surface area contributed by atoms with Gasteiger partial charge in [0, 0.05) is 6.04 Å². The monoisotopic (exact) mass is 313 g/mol. The predicted molar refractivity (Wildman–Crippen MR) is 91.7 cm³/mol. The van der Waals surface area contributed by atoms with E-state index in [1.54, 1.807) is 12.1 Å². The minimum Gasteiger partial charge on any atom is -0.508 e. The van der Waals surface area contributed by atoms with Gasteiger partial charge in [0.15, 0.2) is 0 Å². The highest BCUT2D eigenvalue weighted by Gasteiger charge is 2.26. The minimum atomic E-state index is -1.00. The van der Waals surface area contributed by atoms with Gasteiger partial charge in [-0.2, -0.15) is 0 Å². The summed E-state index contributed by atoms with van der Waals surface area (Å²) in [5.74, 6) is 0.239. The maximum atomic E-state index is 11.0. The van der Waals surface area contributed by atoms with Gasteiger partial charge in [-0.15, -0.1) is 0 Å². The van der Waals surface area contributed by atoms with Gasteiger partial charge in [-0.1, -0.05) is 57.2 Å². The zero-order valence-electron chi connectivity index (χ0n) is 13.7. The van der Waals surface area contributed by atoms with Crippen molar-refractivity contribution in [3.8, 4) is 16.9 Å². The van der Waals surface area contributed by atoms with E-state index in [0.717, 1.165) is 16.7 Å². The maximum absolute atomic E-state index is 11.0. The summed E-state index contributed by atoms with van der Waals surface area (Å²) < 4.78 is 0. The lowest BCUT2D eigenvalue weighted by atomic mass is 9.82. The van der Waals surface area contributed by atoms with Gasteiger partial charge in [0.25, 0.3) is 0 Å². The molecular weight excluding hydrogens is 290 g/mol. The number of phenolic OH excluding ortho intramolecular Hbond substituents is 1. The SMILES string of the molecule is CC(C)(C)C(Cc1cccc(-c2ccc(O)cc2)c1)NC(=O)O. The first-order valence-electron chi connectivity index (χ1n) is 7.63. The molecule has 1 atom stereocenters. The van der Waals surface area contributed by atoms with Crippen LogP contribution in [0.3, 0.4) is 0 Å². The quantitative estimate of drug-likeness (QED) is 0.789. The second-order valence-corrected chi connectivity index (χ2v) is 6.82. The summed E-state index contributed by atoms with van der Waals surface area (Å²) in [5.41, 5.74) is 2.96. The van der Waals surface area contributed by atoms with Crippen molar-refractivity contribution in [2.75, 3.05) is 0 Å². The lowest BCUT2D eigenvalue weighted by Gasteiger charge is -2.30. The van der Waals surface area contributed by atoms with Gasteiger partial charge in [-0.25, -0.2) is 4.79 Å². The number of rotatable bonds is 4. The fraction of sp³-hybridized carbons (Fsp3) is 0.316. The van der Waals surface area contributed by atoms with Gasteiger partial charge in [0.2, 0.25) is 0 Å². The molecule has 0 aliphatic rings. The predicted octanol–water partition coefficient (Wildman–Crippen LogP) is 4.28. The molecule has 1 unspecified atom stereocenters. The molecule has 2 rings (SSSR count). The van der Waals surface area contributed by atoms with Crippen LogP contribution in [0.15, 0.2) is 48.5 Å². The summed E-state index contributed by atoms with van der Waals surface area (Å²) in [5, 5.41) is 21.1. The van der Waals surface area contributed by atoms with Gasteiger partial charge in [-0.05, 0) is 40.7 Å². The van der Waals surface area contributed by atoms with E-state index in [2.05, 4.69) is 11.4 Å². The van der Waals surface area contributed by atoms with E-state index in [0.29, 0.717) is 6.42 Å². The molecule has 4 heteroatoms. The number of benzene rings is 2. The number of aromatic hydroxyl groups is 1. The second kappa shape index (κ2) is 6.73. The second-order valence-electron chi connectivity index (χ2n) is 6.82. The van der Waals surface area contributed by atoms with Crippen LogP contribution < -0.4 is 5.32 Å². The number of phenols is 1. The van der Waals surface area contributed by atoms with Gasteiger partial charge < -0.3 is 15.5 Å². The molecule has 1 amide bonds. The van der Waals surface area contributed by atoms with E-state index in [1.807, 2.05) is 51.1 Å². The van der Waals surface area contributed by atoms with Crippen LogP contribution in [-0.2, 0) is 6.42 Å². The Labute approximate surface area is 136 Å². The largest absolute Gasteiger partial charge is 0.508 e. The Morgan fingerprint density at radius 1 is 1.09 bits per heavy atom. The van der Waals surface area contributed by atoms with Crippen molar-refractivity contribution in [1.82, 2.24) is 5.32 Å². The smallest absolute Gasteiger partial charge is 0.404 e. The Hall–Kier alpha value is -2.49. The third-order valence-electron chi connectivity index (χ3n) is 3.91. The lowest BCUT2D eigenvalue weighted by Crippen LogP contribution is -2.44. The molecule has 2 aromatic carbocycles. The molecule has 3 N–H and O–H groups in total. The number of hydrogen-bond donors (Lipinski definition) is 3. The van der Waals surface area contributed by atoms with Crippen molar-refractivity contribution in [3.05, 3.63) is 54.1 Å². The van der Waals surface area contributed by atoms with Crippen LogP contribution >= 0.6 is 0 Å². The minimum absolute atomic E-state index is 0.171. The highest BCUT2D eigenvalue weighted by molar-refractivity contribution is 5.66. The summed E-state index contributed by atoms with van der Waals surface area (Å²) in [6.45, 7) is 6.08. The Bertz CT molecular complexity index is 672. The Balaban J connectivity index is 2.24. The van der Waals surface area contributed by atoms with E-state index < -0.39 is 6.09 Å². The van der Waals surface area contributed by atoms with Crippen LogP contribution in [0.4, 0.5) is 4.79 Å². The summed E-state index contributed by atoms with van der Waals surface area (Å²) in [7, 11) is 0. The standard InChI is InChI=1S/C19H23NO3/c1-19(2,3)17(20-18(22)23)12-13-5-4-6-15(11-13)14-7-9-16(21)10-8-14/h4-11,17,20-21H,12H2,1-3H3,(H,22,23). The molecule has 2 aromatic rings. The summed E-state index contributed by atoms with van der Waals surface area (Å²) in [4.78, 5) is 11.0. The fourth-order valence-corrected chi connectivity index (χ4v) is 2.49. The first-order chi connectivity index (χ1) is 10.8. The summed E-state index contributed by atoms with van der Waals surface area (Å²) in [6.07, 6.45) is -0.374. The highest BCUT2D eigenvalue weighted by atomic mass is 16.4. The van der Waals surface area contributed by atoms with E-state index in [4.69, 9.17) is 5.11 Å². The maximum Gasteiger partial charge on any atom is 0.404 e. The fourth-order valence-electron chi connectivity index (χ4n) is 2.49. The number of amides is 1. The first-order valence-corrected chi connectivity index (χ1v) is 7.63. The van der Waals surface area contributed by atoms with Gasteiger partial charge in [-0.3, -0.25) is 0 Å². The van der Waals surface area contributed by atoms with Crippen molar-refractivity contribution in [3.63, 3.8) is 0 Å². The number of carbonyl (C=O) groups is 1. The van der Waals surface area contributed by atoms with Crippen LogP contribution in [0.2, 0.25) is 0 Å². The average Bonchev–Trinajstić information content (AvgIpc) is 2.46. The molecule has 23 heavy (non-hydrogen) atoms. The zero-order chi connectivity index (χ0) is 17.0. The third kappa shape index (κ3) is 4.74. The molecule has 0 fully saturated rings. The van der Waals surface area contributed by atoms with Gasteiger partial charge in [0.05, 0.1) is 0 Å². The van der Waals surface area contributed by atoms with Crippen molar-refractivity contribution in [2.24, 2.45) is 5.41 Å². The molecule has 0 bridgehead atoms. The molecule has 122 valence electrons. The van der Waals surface area contributed by atoms with Crippen molar-refractivity contribution >= 4 is 6.09 Å². The van der Waals surface area contributed by atoms with Crippen molar-refractivity contribution in [1.29, 1.82) is 0 Å². The number of nitrogens with one attached hydrogen (secondary N) is 1.